The molecule has 1 amide bonds. The second-order valence-electron chi connectivity index (χ2n) is 4.66. The Bertz CT molecular complexity index is 229. The Morgan fingerprint density at radius 2 is 2.19 bits per heavy atom. The number of unbranched alkanes of at least 4 members (excludes halogenated alkanes) is 2. The molecule has 0 N–H and O–H groups in total. The van der Waals surface area contributed by atoms with Crippen LogP contribution in [0.15, 0.2) is 0 Å². The normalized spacial score (nSPS) is 24.7. The van der Waals surface area contributed by atoms with Gasteiger partial charge in [0.2, 0.25) is 5.91 Å². The molecule has 0 radical (unpaired) electrons. The van der Waals surface area contributed by atoms with Crippen LogP contribution in [0.2, 0.25) is 0 Å². The molecular weight excluding hydrogens is 286 g/mol. The van der Waals surface area contributed by atoms with Crippen molar-refractivity contribution < 1.29 is 4.79 Å². The van der Waals surface area contributed by atoms with Gasteiger partial charge in [0.1, 0.15) is 0 Å². The van der Waals surface area contributed by atoms with Crippen molar-refractivity contribution in [3.63, 3.8) is 0 Å². The van der Waals surface area contributed by atoms with Crippen LogP contribution in [0.5, 0.6) is 0 Å². The molecule has 0 aromatic carbocycles. The summed E-state index contributed by atoms with van der Waals surface area (Å²) in [6.45, 7) is 3.00. The first kappa shape index (κ1) is 14.4. The molecule has 0 saturated carbocycles. The highest BCUT2D eigenvalue weighted by Gasteiger charge is 2.38. The molecule has 94 valence electrons. The summed E-state index contributed by atoms with van der Waals surface area (Å²) in [5.41, 5.74) is 0. The van der Waals surface area contributed by atoms with Gasteiger partial charge in [0.25, 0.3) is 0 Å². The van der Waals surface area contributed by atoms with Gasteiger partial charge >= 0.3 is 0 Å². The van der Waals surface area contributed by atoms with E-state index >= 15 is 0 Å². The lowest BCUT2D eigenvalue weighted by molar-refractivity contribution is -0.132. The monoisotopic (exact) mass is 307 g/mol. The van der Waals surface area contributed by atoms with Crippen molar-refractivity contribution in [3.05, 3.63) is 0 Å². The van der Waals surface area contributed by atoms with Gasteiger partial charge in [0.05, 0.1) is 4.75 Å². The lowest BCUT2D eigenvalue weighted by Crippen LogP contribution is -2.42. The summed E-state index contributed by atoms with van der Waals surface area (Å²) in [6.07, 6.45) is 5.75. The van der Waals surface area contributed by atoms with E-state index in [9.17, 15) is 4.79 Å². The predicted octanol–water partition coefficient (Wildman–Crippen LogP) is 3.30. The molecule has 0 aromatic heterocycles. The van der Waals surface area contributed by atoms with Crippen LogP contribution in [0.1, 0.15) is 39.0 Å². The summed E-state index contributed by atoms with van der Waals surface area (Å²) >= 11 is 5.25. The van der Waals surface area contributed by atoms with Crippen LogP contribution in [0, 0.1) is 0 Å². The van der Waals surface area contributed by atoms with E-state index in [4.69, 9.17) is 0 Å². The average Bonchev–Trinajstić information content (AvgIpc) is 2.71. The molecule has 2 nitrogen and oxygen atoms in total. The van der Waals surface area contributed by atoms with E-state index in [1.807, 2.05) is 23.7 Å². The van der Waals surface area contributed by atoms with Gasteiger partial charge in [-0.15, -0.1) is 11.8 Å². The van der Waals surface area contributed by atoms with E-state index < -0.39 is 0 Å². The summed E-state index contributed by atoms with van der Waals surface area (Å²) in [4.78, 5) is 14.1. The molecule has 1 fully saturated rings. The number of amides is 1. The lowest BCUT2D eigenvalue weighted by atomic mass is 10.0. The molecule has 16 heavy (non-hydrogen) atoms. The van der Waals surface area contributed by atoms with Crippen molar-refractivity contribution in [2.24, 2.45) is 0 Å². The highest BCUT2D eigenvalue weighted by molar-refractivity contribution is 9.09. The minimum Gasteiger partial charge on any atom is -0.345 e. The van der Waals surface area contributed by atoms with E-state index in [1.54, 1.807) is 0 Å². The molecule has 1 saturated heterocycles. The first-order valence-corrected chi connectivity index (χ1v) is 8.16. The SMILES string of the molecule is CN(CCCCCBr)C(=O)C1(C)CCCS1. The zero-order valence-electron chi connectivity index (χ0n) is 10.3. The molecule has 4 heteroatoms. The maximum Gasteiger partial charge on any atom is 0.238 e. The molecule has 1 rings (SSSR count). The van der Waals surface area contributed by atoms with E-state index in [2.05, 4.69) is 22.9 Å². The number of carbonyl (C=O) groups is 1. The fourth-order valence-corrected chi connectivity index (χ4v) is 3.78. The van der Waals surface area contributed by atoms with Crippen LogP contribution in [0.25, 0.3) is 0 Å². The van der Waals surface area contributed by atoms with Crippen LogP contribution in [0.3, 0.4) is 0 Å². The molecule has 0 bridgehead atoms. The third-order valence-electron chi connectivity index (χ3n) is 3.15. The summed E-state index contributed by atoms with van der Waals surface area (Å²) < 4.78 is -0.135. The van der Waals surface area contributed by atoms with Crippen molar-refractivity contribution in [3.8, 4) is 0 Å². The third-order valence-corrected chi connectivity index (χ3v) is 5.21. The maximum absolute atomic E-state index is 12.2. The van der Waals surface area contributed by atoms with E-state index in [-0.39, 0.29) is 4.75 Å². The fourth-order valence-electron chi connectivity index (χ4n) is 2.07. The molecule has 1 atom stereocenters. The zero-order chi connectivity index (χ0) is 12.0. The second-order valence-corrected chi connectivity index (χ2v) is 7.05. The van der Waals surface area contributed by atoms with Crippen LogP contribution < -0.4 is 0 Å². The Morgan fingerprint density at radius 1 is 1.44 bits per heavy atom. The van der Waals surface area contributed by atoms with Crippen molar-refractivity contribution in [2.75, 3.05) is 24.7 Å². The quantitative estimate of drug-likeness (QED) is 0.554. The fraction of sp³-hybridized carbons (Fsp3) is 0.917. The van der Waals surface area contributed by atoms with Gasteiger partial charge in [0, 0.05) is 18.9 Å². The average molecular weight is 308 g/mol. The van der Waals surface area contributed by atoms with Gasteiger partial charge in [-0.25, -0.2) is 0 Å². The number of rotatable bonds is 6. The predicted molar refractivity (Wildman–Crippen MR) is 75.4 cm³/mol. The smallest absolute Gasteiger partial charge is 0.238 e. The molecule has 1 unspecified atom stereocenters. The molecule has 0 spiro atoms. The molecule has 1 aliphatic rings. The van der Waals surface area contributed by atoms with Crippen molar-refractivity contribution in [2.45, 2.75) is 43.8 Å². The number of hydrogen-bond donors (Lipinski definition) is 0. The number of halogens is 1. The van der Waals surface area contributed by atoms with Crippen LogP contribution >= 0.6 is 27.7 Å². The number of hydrogen-bond acceptors (Lipinski definition) is 2. The Kier molecular flexibility index (Phi) is 6.19. The molecule has 1 heterocycles. The number of nitrogens with zero attached hydrogens (tertiary/aromatic N) is 1. The van der Waals surface area contributed by atoms with Crippen molar-refractivity contribution in [1.82, 2.24) is 4.90 Å². The van der Waals surface area contributed by atoms with E-state index in [0.29, 0.717) is 5.91 Å². The van der Waals surface area contributed by atoms with Crippen LogP contribution in [0.4, 0.5) is 0 Å². The number of carbonyl (C=O) groups excluding carboxylic acids is 1. The summed E-state index contributed by atoms with van der Waals surface area (Å²) in [7, 11) is 1.95. The van der Waals surface area contributed by atoms with Crippen LogP contribution in [-0.2, 0) is 4.79 Å². The Labute approximate surface area is 112 Å². The highest BCUT2D eigenvalue weighted by atomic mass is 79.9. The Morgan fingerprint density at radius 3 is 2.75 bits per heavy atom. The van der Waals surface area contributed by atoms with Gasteiger partial charge in [-0.3, -0.25) is 4.79 Å². The molecule has 1 aliphatic heterocycles. The van der Waals surface area contributed by atoms with Crippen molar-refractivity contribution in [1.29, 1.82) is 0 Å². The third kappa shape index (κ3) is 3.95. The molecule has 0 aromatic rings. The molecule has 0 aliphatic carbocycles. The van der Waals surface area contributed by atoms with Gasteiger partial charge in [0.15, 0.2) is 0 Å². The number of thioether (sulfide) groups is 1. The summed E-state index contributed by atoms with van der Waals surface area (Å²) in [5, 5.41) is 1.07. The largest absolute Gasteiger partial charge is 0.345 e. The topological polar surface area (TPSA) is 20.3 Å². The van der Waals surface area contributed by atoms with E-state index in [0.717, 1.165) is 30.5 Å². The van der Waals surface area contributed by atoms with E-state index in [1.165, 1.54) is 19.3 Å². The summed E-state index contributed by atoms with van der Waals surface area (Å²) in [6, 6.07) is 0. The minimum absolute atomic E-state index is 0.135. The van der Waals surface area contributed by atoms with Crippen molar-refractivity contribution >= 4 is 33.6 Å². The van der Waals surface area contributed by atoms with Gasteiger partial charge in [-0.1, -0.05) is 22.4 Å². The minimum atomic E-state index is -0.135. The first-order valence-electron chi connectivity index (χ1n) is 6.05. The summed E-state index contributed by atoms with van der Waals surface area (Å²) in [5.74, 6) is 1.47. The van der Waals surface area contributed by atoms with Gasteiger partial charge < -0.3 is 4.90 Å². The first-order chi connectivity index (χ1) is 7.60. The standard InChI is InChI=1S/C12H22BrNOS/c1-12(7-6-10-16-12)11(15)14(2)9-5-3-4-8-13/h3-10H2,1-2H3. The Hall–Kier alpha value is 0.300. The second kappa shape index (κ2) is 6.90. The van der Waals surface area contributed by atoms with Gasteiger partial charge in [-0.2, -0.15) is 0 Å². The number of alkyl halides is 1. The molecular formula is C12H22BrNOS. The Balaban J connectivity index is 2.30. The highest BCUT2D eigenvalue weighted by Crippen LogP contribution is 2.38. The maximum atomic E-state index is 12.2. The lowest BCUT2D eigenvalue weighted by Gasteiger charge is -2.28. The van der Waals surface area contributed by atoms with Crippen LogP contribution in [-0.4, -0.2) is 40.2 Å². The van der Waals surface area contributed by atoms with Gasteiger partial charge in [-0.05, 0) is 38.4 Å². The zero-order valence-corrected chi connectivity index (χ0v) is 12.7.